The van der Waals surface area contributed by atoms with Crippen LogP contribution in [0.5, 0.6) is 5.75 Å². The first-order valence-electron chi connectivity index (χ1n) is 15.6. The molecule has 0 radical (unpaired) electrons. The van der Waals surface area contributed by atoms with Gasteiger partial charge in [0.25, 0.3) is 0 Å². The molecular weight excluding hydrogens is 572 g/mol. The molecule has 3 saturated heterocycles. The fraction of sp³-hybridized carbons (Fsp3) is 0.588. The molecule has 2 amide bonds. The topological polar surface area (TPSA) is 53.1 Å². The average Bonchev–Trinajstić information content (AvgIpc) is 3.56. The number of hydrogen-bond donors (Lipinski definition) is 0. The van der Waals surface area contributed by atoms with Crippen molar-refractivity contribution in [3.8, 4) is 5.75 Å². The molecule has 1 spiro atoms. The molecule has 2 atom stereocenters. The third-order valence-electron chi connectivity index (χ3n) is 10.5. The number of halogens is 3. The van der Waals surface area contributed by atoms with Gasteiger partial charge in [-0.1, -0.05) is 42.5 Å². The Morgan fingerprint density at radius 2 is 1.56 bits per heavy atom. The molecule has 6 nitrogen and oxygen atoms in total. The number of likely N-dealkylation sites (tertiary alicyclic amines) is 3. The van der Waals surface area contributed by atoms with E-state index in [9.17, 15) is 18.4 Å². The molecule has 2 unspecified atom stereocenters. The van der Waals surface area contributed by atoms with Crippen LogP contribution in [0.25, 0.3) is 0 Å². The Bertz CT molecular complexity index is 1240. The van der Waals surface area contributed by atoms with Gasteiger partial charge in [0.05, 0.1) is 12.5 Å². The summed E-state index contributed by atoms with van der Waals surface area (Å²) in [5.74, 6) is -1.25. The highest BCUT2D eigenvalue weighted by Crippen LogP contribution is 2.44. The molecule has 3 aliphatic heterocycles. The average molecular weight is 616 g/mol. The fourth-order valence-corrected chi connectivity index (χ4v) is 7.81. The van der Waals surface area contributed by atoms with E-state index in [2.05, 4.69) is 17.0 Å². The molecule has 4 aliphatic rings. The van der Waals surface area contributed by atoms with E-state index in [1.807, 2.05) is 52.3 Å². The van der Waals surface area contributed by atoms with Crippen LogP contribution in [0, 0.1) is 17.3 Å². The lowest BCUT2D eigenvalue weighted by atomic mass is 9.76. The van der Waals surface area contributed by atoms with Crippen molar-refractivity contribution in [3.63, 3.8) is 0 Å². The molecule has 2 aromatic carbocycles. The lowest BCUT2D eigenvalue weighted by Gasteiger charge is -2.39. The van der Waals surface area contributed by atoms with Crippen molar-refractivity contribution in [3.05, 3.63) is 65.7 Å². The molecule has 0 bridgehead atoms. The van der Waals surface area contributed by atoms with E-state index >= 15 is 0 Å². The summed E-state index contributed by atoms with van der Waals surface area (Å²) >= 11 is 0. The van der Waals surface area contributed by atoms with Crippen molar-refractivity contribution in [1.82, 2.24) is 14.7 Å². The van der Waals surface area contributed by atoms with Crippen LogP contribution < -0.4 is 4.74 Å². The highest BCUT2D eigenvalue weighted by Gasteiger charge is 2.49. The molecule has 4 fully saturated rings. The highest BCUT2D eigenvalue weighted by molar-refractivity contribution is 5.85. The van der Waals surface area contributed by atoms with Gasteiger partial charge in [-0.15, -0.1) is 12.4 Å². The number of ether oxygens (including phenoxy) is 1. The van der Waals surface area contributed by atoms with Crippen molar-refractivity contribution in [1.29, 1.82) is 0 Å². The van der Waals surface area contributed by atoms with Crippen LogP contribution in [0.4, 0.5) is 8.78 Å². The van der Waals surface area contributed by atoms with Crippen LogP contribution >= 0.6 is 12.4 Å². The minimum Gasteiger partial charge on any atom is -0.497 e. The van der Waals surface area contributed by atoms with Gasteiger partial charge in [-0.3, -0.25) is 9.59 Å². The standard InChI is InChI=1S/C34H43F2N3O3.ClH/c1-42-29-9-7-25(8-10-29)21-38-20-17-33(32(38)41)15-18-37(19-16-33)22-28-23-39(24-30(28)26-5-3-2-4-6-26)31(40)27-11-13-34(35,36)14-12-27;/h2-10,27-28,30H,11-24H2,1H3;1H. The van der Waals surface area contributed by atoms with Crippen LogP contribution in [0.15, 0.2) is 54.6 Å². The Balaban J connectivity index is 0.00000368. The van der Waals surface area contributed by atoms with Crippen LogP contribution in [0.2, 0.25) is 0 Å². The highest BCUT2D eigenvalue weighted by atomic mass is 35.5. The van der Waals surface area contributed by atoms with Gasteiger partial charge >= 0.3 is 0 Å². The molecule has 2 aromatic rings. The number of amides is 2. The number of alkyl halides is 2. The summed E-state index contributed by atoms with van der Waals surface area (Å²) in [6.07, 6.45) is 2.83. The van der Waals surface area contributed by atoms with E-state index < -0.39 is 5.92 Å². The largest absolute Gasteiger partial charge is 0.497 e. The quantitative estimate of drug-likeness (QED) is 0.384. The second kappa shape index (κ2) is 13.1. The zero-order valence-electron chi connectivity index (χ0n) is 25.1. The van der Waals surface area contributed by atoms with Crippen LogP contribution in [0.3, 0.4) is 0 Å². The summed E-state index contributed by atoms with van der Waals surface area (Å²) in [4.78, 5) is 33.5. The summed E-state index contributed by atoms with van der Waals surface area (Å²) < 4.78 is 32.8. The Hall–Kier alpha value is -2.71. The second-order valence-electron chi connectivity index (χ2n) is 13.1. The minimum atomic E-state index is -2.63. The van der Waals surface area contributed by atoms with Crippen molar-refractivity contribution in [2.75, 3.05) is 46.4 Å². The van der Waals surface area contributed by atoms with Gasteiger partial charge in [0.1, 0.15) is 5.75 Å². The fourth-order valence-electron chi connectivity index (χ4n) is 7.81. The van der Waals surface area contributed by atoms with Gasteiger partial charge in [0.2, 0.25) is 17.7 Å². The molecular formula is C34H44ClF2N3O3. The normalized spacial score (nSPS) is 25.6. The molecule has 0 N–H and O–H groups in total. The van der Waals surface area contributed by atoms with Crippen molar-refractivity contribution < 1.29 is 23.1 Å². The number of nitrogens with zero attached hydrogens (tertiary/aromatic N) is 3. The third-order valence-corrected chi connectivity index (χ3v) is 10.5. The first-order valence-corrected chi connectivity index (χ1v) is 15.6. The predicted molar refractivity (Wildman–Crippen MR) is 165 cm³/mol. The third kappa shape index (κ3) is 6.85. The summed E-state index contributed by atoms with van der Waals surface area (Å²) in [5.41, 5.74) is 2.09. The van der Waals surface area contributed by atoms with Crippen molar-refractivity contribution >= 4 is 24.2 Å². The Morgan fingerprint density at radius 1 is 0.907 bits per heavy atom. The van der Waals surface area contributed by atoms with Crippen molar-refractivity contribution in [2.24, 2.45) is 17.3 Å². The summed E-state index contributed by atoms with van der Waals surface area (Å²) in [5, 5.41) is 0. The number of piperidine rings is 1. The molecule has 6 rings (SSSR count). The Morgan fingerprint density at radius 3 is 2.21 bits per heavy atom. The summed E-state index contributed by atoms with van der Waals surface area (Å²) in [6, 6.07) is 18.3. The van der Waals surface area contributed by atoms with Gasteiger partial charge in [0, 0.05) is 57.4 Å². The van der Waals surface area contributed by atoms with E-state index in [0.29, 0.717) is 19.6 Å². The van der Waals surface area contributed by atoms with Crippen LogP contribution in [0.1, 0.15) is 62.0 Å². The summed E-state index contributed by atoms with van der Waals surface area (Å²) in [7, 11) is 1.66. The zero-order chi connectivity index (χ0) is 29.3. The summed E-state index contributed by atoms with van der Waals surface area (Å²) in [6.45, 7) is 5.40. The van der Waals surface area contributed by atoms with E-state index in [1.54, 1.807) is 7.11 Å². The van der Waals surface area contributed by atoms with Crippen LogP contribution in [-0.4, -0.2) is 78.8 Å². The maximum absolute atomic E-state index is 13.7. The second-order valence-corrected chi connectivity index (χ2v) is 13.1. The first-order chi connectivity index (χ1) is 20.2. The smallest absolute Gasteiger partial charge is 0.248 e. The Kier molecular flexibility index (Phi) is 9.67. The van der Waals surface area contributed by atoms with E-state index in [1.165, 1.54) is 5.56 Å². The SMILES string of the molecule is COc1ccc(CN2CCC3(CCN(CC4CN(C(=O)C5CCC(F)(F)CC5)CC4c4ccccc4)CC3)C2=O)cc1.Cl. The number of methoxy groups -OCH3 is 1. The zero-order valence-corrected chi connectivity index (χ0v) is 25.9. The molecule has 0 aromatic heterocycles. The molecule has 3 heterocycles. The Labute approximate surface area is 260 Å². The lowest BCUT2D eigenvalue weighted by Crippen LogP contribution is -2.46. The first kappa shape index (κ1) is 31.7. The number of rotatable bonds is 7. The maximum Gasteiger partial charge on any atom is 0.248 e. The van der Waals surface area contributed by atoms with Gasteiger partial charge < -0.3 is 19.4 Å². The number of hydrogen-bond acceptors (Lipinski definition) is 4. The number of benzene rings is 2. The molecule has 9 heteroatoms. The minimum absolute atomic E-state index is 0. The molecule has 1 aliphatic carbocycles. The van der Waals surface area contributed by atoms with Gasteiger partial charge in [-0.2, -0.15) is 0 Å². The van der Waals surface area contributed by atoms with Gasteiger partial charge in [-0.25, -0.2) is 8.78 Å². The molecule has 43 heavy (non-hydrogen) atoms. The molecule has 1 saturated carbocycles. The maximum atomic E-state index is 13.7. The van der Waals surface area contributed by atoms with E-state index in [-0.39, 0.29) is 73.1 Å². The van der Waals surface area contributed by atoms with Gasteiger partial charge in [0.15, 0.2) is 0 Å². The van der Waals surface area contributed by atoms with E-state index in [4.69, 9.17) is 4.74 Å². The van der Waals surface area contributed by atoms with E-state index in [0.717, 1.165) is 56.8 Å². The van der Waals surface area contributed by atoms with Gasteiger partial charge in [-0.05, 0) is 74.4 Å². The monoisotopic (exact) mass is 615 g/mol. The van der Waals surface area contributed by atoms with Crippen molar-refractivity contribution in [2.45, 2.75) is 63.3 Å². The molecule has 234 valence electrons. The van der Waals surface area contributed by atoms with Crippen LogP contribution in [-0.2, 0) is 16.1 Å². The lowest BCUT2D eigenvalue weighted by molar-refractivity contribution is -0.140. The number of carbonyl (C=O) groups is 2. The number of carbonyl (C=O) groups excluding carboxylic acids is 2. The predicted octanol–water partition coefficient (Wildman–Crippen LogP) is 6.00.